The van der Waals surface area contributed by atoms with Gasteiger partial charge >= 0.3 is 0 Å². The first-order valence-electron chi connectivity index (χ1n) is 6.72. The Balaban J connectivity index is 1.89. The number of hydrogen-bond donors (Lipinski definition) is 2. The van der Waals surface area contributed by atoms with E-state index in [2.05, 4.69) is 12.2 Å². The molecule has 1 aliphatic heterocycles. The standard InChI is InChI=1S/C13H25NO/c1-2-4-10-6-7-13(15)11(9-10)12-5-3-8-14-12/h10-15H,2-9H2,1H3. The third kappa shape index (κ3) is 2.73. The summed E-state index contributed by atoms with van der Waals surface area (Å²) in [7, 11) is 0. The van der Waals surface area contributed by atoms with Gasteiger partial charge in [0.25, 0.3) is 0 Å². The maximum Gasteiger partial charge on any atom is 0.0583 e. The van der Waals surface area contributed by atoms with Crippen LogP contribution in [0, 0.1) is 11.8 Å². The van der Waals surface area contributed by atoms with Crippen LogP contribution in [0.25, 0.3) is 0 Å². The van der Waals surface area contributed by atoms with Crippen molar-refractivity contribution in [2.45, 2.75) is 64.0 Å². The highest BCUT2D eigenvalue weighted by atomic mass is 16.3. The minimum absolute atomic E-state index is 0.0336. The molecule has 2 aliphatic rings. The van der Waals surface area contributed by atoms with Crippen molar-refractivity contribution in [2.75, 3.05) is 6.54 Å². The lowest BCUT2D eigenvalue weighted by molar-refractivity contribution is 0.0295. The molecule has 0 spiro atoms. The molecule has 0 amide bonds. The predicted octanol–water partition coefficient (Wildman–Crippen LogP) is 2.32. The van der Waals surface area contributed by atoms with Crippen molar-refractivity contribution in [3.05, 3.63) is 0 Å². The number of nitrogens with one attached hydrogen (secondary N) is 1. The fourth-order valence-corrected chi connectivity index (χ4v) is 3.46. The molecule has 2 N–H and O–H groups in total. The minimum Gasteiger partial charge on any atom is -0.393 e. The molecule has 1 heterocycles. The normalized spacial score (nSPS) is 42.0. The van der Waals surface area contributed by atoms with Crippen molar-refractivity contribution < 1.29 is 5.11 Å². The lowest BCUT2D eigenvalue weighted by Crippen LogP contribution is -2.41. The molecule has 1 saturated carbocycles. The molecule has 4 unspecified atom stereocenters. The molecule has 4 atom stereocenters. The van der Waals surface area contributed by atoms with Gasteiger partial charge in [-0.1, -0.05) is 19.8 Å². The maximum atomic E-state index is 10.1. The van der Waals surface area contributed by atoms with Crippen LogP contribution in [0.2, 0.25) is 0 Å². The van der Waals surface area contributed by atoms with Crippen LogP contribution < -0.4 is 5.32 Å². The van der Waals surface area contributed by atoms with E-state index in [1.54, 1.807) is 0 Å². The summed E-state index contributed by atoms with van der Waals surface area (Å²) >= 11 is 0. The quantitative estimate of drug-likeness (QED) is 0.751. The minimum atomic E-state index is -0.0336. The average Bonchev–Trinajstić information content (AvgIpc) is 2.74. The van der Waals surface area contributed by atoms with Crippen LogP contribution in [0.4, 0.5) is 0 Å². The van der Waals surface area contributed by atoms with Gasteiger partial charge in [-0.15, -0.1) is 0 Å². The van der Waals surface area contributed by atoms with Gasteiger partial charge in [-0.25, -0.2) is 0 Å². The zero-order valence-electron chi connectivity index (χ0n) is 9.91. The molecule has 0 aromatic carbocycles. The first kappa shape index (κ1) is 11.4. The molecule has 2 fully saturated rings. The van der Waals surface area contributed by atoms with E-state index in [1.165, 1.54) is 38.5 Å². The van der Waals surface area contributed by atoms with Gasteiger partial charge in [0.1, 0.15) is 0 Å². The van der Waals surface area contributed by atoms with Gasteiger partial charge in [0.2, 0.25) is 0 Å². The van der Waals surface area contributed by atoms with Gasteiger partial charge in [0, 0.05) is 12.0 Å². The molecule has 88 valence electrons. The topological polar surface area (TPSA) is 32.3 Å². The molecule has 1 aliphatic carbocycles. The second-order valence-corrected chi connectivity index (χ2v) is 5.40. The van der Waals surface area contributed by atoms with Crippen molar-refractivity contribution in [2.24, 2.45) is 11.8 Å². The second kappa shape index (κ2) is 5.31. The Morgan fingerprint density at radius 1 is 1.27 bits per heavy atom. The summed E-state index contributed by atoms with van der Waals surface area (Å²) < 4.78 is 0. The summed E-state index contributed by atoms with van der Waals surface area (Å²) in [5.74, 6) is 1.42. The Morgan fingerprint density at radius 2 is 2.13 bits per heavy atom. The molecule has 2 heteroatoms. The fourth-order valence-electron chi connectivity index (χ4n) is 3.46. The number of aliphatic hydroxyl groups excluding tert-OH is 1. The molecule has 0 bridgehead atoms. The number of aliphatic hydroxyl groups is 1. The first-order valence-corrected chi connectivity index (χ1v) is 6.72. The Morgan fingerprint density at radius 3 is 2.80 bits per heavy atom. The van der Waals surface area contributed by atoms with Crippen LogP contribution in [-0.4, -0.2) is 23.8 Å². The third-order valence-electron chi connectivity index (χ3n) is 4.28. The van der Waals surface area contributed by atoms with E-state index in [9.17, 15) is 5.11 Å². The molecule has 0 aromatic heterocycles. The Labute approximate surface area is 93.5 Å². The van der Waals surface area contributed by atoms with Crippen molar-refractivity contribution in [3.8, 4) is 0 Å². The largest absolute Gasteiger partial charge is 0.393 e. The lowest BCUT2D eigenvalue weighted by Gasteiger charge is -2.36. The molecule has 2 rings (SSSR count). The highest BCUT2D eigenvalue weighted by molar-refractivity contribution is 4.90. The van der Waals surface area contributed by atoms with Crippen molar-refractivity contribution in [1.29, 1.82) is 0 Å². The van der Waals surface area contributed by atoms with Gasteiger partial charge in [0.05, 0.1) is 6.10 Å². The van der Waals surface area contributed by atoms with E-state index in [0.717, 1.165) is 18.9 Å². The molecule has 1 saturated heterocycles. The molecule has 2 nitrogen and oxygen atoms in total. The van der Waals surface area contributed by atoms with Crippen LogP contribution >= 0.6 is 0 Å². The Hall–Kier alpha value is -0.0800. The van der Waals surface area contributed by atoms with E-state index in [0.29, 0.717) is 12.0 Å². The molecular formula is C13H25NO. The molecule has 15 heavy (non-hydrogen) atoms. The zero-order chi connectivity index (χ0) is 10.7. The third-order valence-corrected chi connectivity index (χ3v) is 4.28. The van der Waals surface area contributed by atoms with E-state index >= 15 is 0 Å². The highest BCUT2D eigenvalue weighted by Gasteiger charge is 2.35. The summed E-state index contributed by atoms with van der Waals surface area (Å²) in [6.45, 7) is 3.43. The summed E-state index contributed by atoms with van der Waals surface area (Å²) in [6, 6.07) is 0.611. The van der Waals surface area contributed by atoms with Gasteiger partial charge in [-0.05, 0) is 44.6 Å². The fraction of sp³-hybridized carbons (Fsp3) is 1.00. The Kier molecular flexibility index (Phi) is 4.04. The van der Waals surface area contributed by atoms with Crippen LogP contribution in [0.5, 0.6) is 0 Å². The number of rotatable bonds is 3. The van der Waals surface area contributed by atoms with Gasteiger partial charge < -0.3 is 10.4 Å². The molecular weight excluding hydrogens is 186 g/mol. The van der Waals surface area contributed by atoms with E-state index in [-0.39, 0.29) is 6.10 Å². The summed E-state index contributed by atoms with van der Waals surface area (Å²) in [5.41, 5.74) is 0. The maximum absolute atomic E-state index is 10.1. The smallest absolute Gasteiger partial charge is 0.0583 e. The second-order valence-electron chi connectivity index (χ2n) is 5.40. The molecule has 0 radical (unpaired) electrons. The first-order chi connectivity index (χ1) is 7.31. The molecule has 0 aromatic rings. The van der Waals surface area contributed by atoms with E-state index in [1.807, 2.05) is 0 Å². The highest BCUT2D eigenvalue weighted by Crippen LogP contribution is 2.35. The van der Waals surface area contributed by atoms with Crippen LogP contribution in [0.15, 0.2) is 0 Å². The van der Waals surface area contributed by atoms with E-state index in [4.69, 9.17) is 0 Å². The van der Waals surface area contributed by atoms with E-state index < -0.39 is 0 Å². The van der Waals surface area contributed by atoms with Crippen molar-refractivity contribution in [1.82, 2.24) is 5.32 Å². The van der Waals surface area contributed by atoms with Crippen molar-refractivity contribution >= 4 is 0 Å². The monoisotopic (exact) mass is 211 g/mol. The van der Waals surface area contributed by atoms with Gasteiger partial charge in [0.15, 0.2) is 0 Å². The van der Waals surface area contributed by atoms with Crippen LogP contribution in [0.1, 0.15) is 51.9 Å². The Bertz CT molecular complexity index is 189. The lowest BCUT2D eigenvalue weighted by atomic mass is 9.74. The SMILES string of the molecule is CCCC1CCC(O)C(C2CCCN2)C1. The average molecular weight is 211 g/mol. The van der Waals surface area contributed by atoms with Gasteiger partial charge in [-0.2, -0.15) is 0 Å². The predicted molar refractivity (Wildman–Crippen MR) is 62.8 cm³/mol. The zero-order valence-corrected chi connectivity index (χ0v) is 9.91. The van der Waals surface area contributed by atoms with Gasteiger partial charge in [-0.3, -0.25) is 0 Å². The van der Waals surface area contributed by atoms with Crippen molar-refractivity contribution in [3.63, 3.8) is 0 Å². The number of hydrogen-bond acceptors (Lipinski definition) is 2. The summed E-state index contributed by atoms with van der Waals surface area (Å²) in [5, 5.41) is 13.6. The van der Waals surface area contributed by atoms with Crippen LogP contribution in [0.3, 0.4) is 0 Å². The summed E-state index contributed by atoms with van der Waals surface area (Å²) in [4.78, 5) is 0. The van der Waals surface area contributed by atoms with Crippen LogP contribution in [-0.2, 0) is 0 Å². The summed E-state index contributed by atoms with van der Waals surface area (Å²) in [6.07, 6.45) is 8.74.